The third kappa shape index (κ3) is 4.08. The van der Waals surface area contributed by atoms with Gasteiger partial charge in [0.15, 0.2) is 5.65 Å². The molecule has 1 amide bonds. The van der Waals surface area contributed by atoms with Crippen LogP contribution >= 0.6 is 0 Å². The van der Waals surface area contributed by atoms with E-state index in [9.17, 15) is 13.8 Å². The summed E-state index contributed by atoms with van der Waals surface area (Å²) in [5, 5.41) is 2.89. The van der Waals surface area contributed by atoms with Crippen molar-refractivity contribution in [3.8, 4) is 11.1 Å². The lowest BCUT2D eigenvalue weighted by Crippen LogP contribution is -2.12. The summed E-state index contributed by atoms with van der Waals surface area (Å²) in [5.74, 6) is 0.200. The first kappa shape index (κ1) is 19.8. The average Bonchev–Trinajstić information content (AvgIpc) is 3.01. The van der Waals surface area contributed by atoms with Crippen LogP contribution in [0.1, 0.15) is 15.9 Å². The van der Waals surface area contributed by atoms with Gasteiger partial charge >= 0.3 is 5.69 Å². The van der Waals surface area contributed by atoms with Crippen LogP contribution in [0.2, 0.25) is 0 Å². The Hall–Kier alpha value is -3.52. The standard InChI is InChI=1S/C22H20N4O3S/c1-26-19-11-17(12-23-20(19)25-22(26)28)15-6-4-7-16(10-15)21(27)24-18-8-3-5-14(9-18)13-30(2)29/h3-12H,13H2,1-2H3,(H,24,27)(H,23,25,28). The van der Waals surface area contributed by atoms with Crippen LogP contribution in [0.4, 0.5) is 5.69 Å². The predicted molar refractivity (Wildman–Crippen MR) is 119 cm³/mol. The van der Waals surface area contributed by atoms with Crippen LogP contribution in [0.25, 0.3) is 22.3 Å². The Labute approximate surface area is 175 Å². The number of H-pyrrole nitrogens is 1. The largest absolute Gasteiger partial charge is 0.327 e. The number of benzene rings is 2. The maximum absolute atomic E-state index is 12.8. The minimum atomic E-state index is -0.950. The minimum Gasteiger partial charge on any atom is -0.322 e. The molecule has 0 bridgehead atoms. The second kappa shape index (κ2) is 8.08. The van der Waals surface area contributed by atoms with E-state index in [4.69, 9.17) is 0 Å². The number of nitrogens with zero attached hydrogens (tertiary/aromatic N) is 2. The molecule has 0 radical (unpaired) electrons. The second-order valence-corrected chi connectivity index (χ2v) is 8.47. The highest BCUT2D eigenvalue weighted by atomic mass is 32.2. The van der Waals surface area contributed by atoms with Crippen molar-refractivity contribution in [2.24, 2.45) is 7.05 Å². The molecule has 0 aliphatic heterocycles. The average molecular weight is 420 g/mol. The lowest BCUT2D eigenvalue weighted by atomic mass is 10.0. The highest BCUT2D eigenvalue weighted by Crippen LogP contribution is 2.23. The Morgan fingerprint density at radius 3 is 2.73 bits per heavy atom. The number of anilines is 1. The summed E-state index contributed by atoms with van der Waals surface area (Å²) >= 11 is 0. The number of nitrogens with one attached hydrogen (secondary N) is 2. The van der Waals surface area contributed by atoms with Crippen LogP contribution in [0.15, 0.2) is 65.6 Å². The number of rotatable bonds is 5. The van der Waals surface area contributed by atoms with E-state index in [0.29, 0.717) is 28.2 Å². The van der Waals surface area contributed by atoms with E-state index in [-0.39, 0.29) is 11.6 Å². The molecule has 8 heteroatoms. The summed E-state index contributed by atoms with van der Waals surface area (Å²) in [4.78, 5) is 31.6. The van der Waals surface area contributed by atoms with Gasteiger partial charge < -0.3 is 5.32 Å². The van der Waals surface area contributed by atoms with E-state index in [2.05, 4.69) is 15.3 Å². The number of amides is 1. The van der Waals surface area contributed by atoms with Crippen LogP contribution in [0, 0.1) is 0 Å². The monoisotopic (exact) mass is 420 g/mol. The van der Waals surface area contributed by atoms with Gasteiger partial charge in [0, 0.05) is 52.9 Å². The Balaban J connectivity index is 1.60. The molecule has 2 heterocycles. The summed E-state index contributed by atoms with van der Waals surface area (Å²) < 4.78 is 12.9. The van der Waals surface area contributed by atoms with Crippen molar-refractivity contribution in [2.75, 3.05) is 11.6 Å². The molecule has 2 N–H and O–H groups in total. The number of aromatic amines is 1. The van der Waals surface area contributed by atoms with Crippen molar-refractivity contribution in [3.63, 3.8) is 0 Å². The molecule has 0 aliphatic carbocycles. The molecule has 1 atom stereocenters. The number of imidazole rings is 1. The van der Waals surface area contributed by atoms with Gasteiger partial charge in [-0.25, -0.2) is 9.78 Å². The molecule has 0 aliphatic rings. The lowest BCUT2D eigenvalue weighted by molar-refractivity contribution is 0.102. The summed E-state index contributed by atoms with van der Waals surface area (Å²) in [5.41, 5.74) is 4.67. The number of hydrogen-bond acceptors (Lipinski definition) is 4. The molecule has 30 heavy (non-hydrogen) atoms. The number of aryl methyl sites for hydroxylation is 1. The van der Waals surface area contributed by atoms with Crippen molar-refractivity contribution < 1.29 is 9.00 Å². The zero-order valence-corrected chi connectivity index (χ0v) is 17.3. The number of hydrogen-bond donors (Lipinski definition) is 2. The number of carbonyl (C=O) groups excluding carboxylic acids is 1. The first-order valence-corrected chi connectivity index (χ1v) is 11.0. The van der Waals surface area contributed by atoms with E-state index in [0.717, 1.165) is 16.7 Å². The fourth-order valence-electron chi connectivity index (χ4n) is 3.27. The number of carbonyl (C=O) groups is 1. The number of aromatic nitrogens is 3. The van der Waals surface area contributed by atoms with E-state index in [1.165, 1.54) is 4.57 Å². The third-order valence-electron chi connectivity index (χ3n) is 4.77. The molecule has 1 unspecified atom stereocenters. The Morgan fingerprint density at radius 1 is 1.13 bits per heavy atom. The van der Waals surface area contributed by atoms with Crippen molar-refractivity contribution in [3.05, 3.63) is 82.4 Å². The first-order chi connectivity index (χ1) is 14.4. The lowest BCUT2D eigenvalue weighted by Gasteiger charge is -2.09. The zero-order chi connectivity index (χ0) is 21.3. The van der Waals surface area contributed by atoms with Crippen LogP contribution < -0.4 is 11.0 Å². The van der Waals surface area contributed by atoms with E-state index in [1.54, 1.807) is 43.8 Å². The summed E-state index contributed by atoms with van der Waals surface area (Å²) in [7, 11) is 0.729. The SMILES string of the molecule is Cn1c(=O)[nH]c2ncc(-c3cccc(C(=O)Nc4cccc(CS(C)=O)c4)c3)cc21. The van der Waals surface area contributed by atoms with Crippen LogP contribution in [0.3, 0.4) is 0 Å². The third-order valence-corrected chi connectivity index (χ3v) is 5.51. The van der Waals surface area contributed by atoms with Gasteiger partial charge in [-0.3, -0.25) is 18.6 Å². The molecule has 2 aromatic heterocycles. The van der Waals surface area contributed by atoms with Crippen LogP contribution in [-0.4, -0.2) is 30.9 Å². The van der Waals surface area contributed by atoms with Gasteiger partial charge in [0.05, 0.1) is 5.52 Å². The maximum Gasteiger partial charge on any atom is 0.327 e. The molecular formula is C22H20N4O3S. The van der Waals surface area contributed by atoms with Gasteiger partial charge in [0.2, 0.25) is 0 Å². The normalized spacial score (nSPS) is 12.1. The van der Waals surface area contributed by atoms with Gasteiger partial charge in [-0.1, -0.05) is 24.3 Å². The maximum atomic E-state index is 12.8. The topological polar surface area (TPSA) is 96.8 Å². The minimum absolute atomic E-state index is 0.225. The molecule has 7 nitrogen and oxygen atoms in total. The van der Waals surface area contributed by atoms with E-state index >= 15 is 0 Å². The first-order valence-electron chi connectivity index (χ1n) is 9.26. The summed E-state index contributed by atoms with van der Waals surface area (Å²) in [6.07, 6.45) is 3.32. The quantitative estimate of drug-likeness (QED) is 0.519. The van der Waals surface area contributed by atoms with Gasteiger partial charge in [-0.05, 0) is 41.5 Å². The van der Waals surface area contributed by atoms with E-state index in [1.807, 2.05) is 30.3 Å². The highest BCUT2D eigenvalue weighted by molar-refractivity contribution is 7.83. The summed E-state index contributed by atoms with van der Waals surface area (Å²) in [6.45, 7) is 0. The molecule has 0 fully saturated rings. The van der Waals surface area contributed by atoms with E-state index < -0.39 is 10.8 Å². The number of fused-ring (bicyclic) bond motifs is 1. The van der Waals surface area contributed by atoms with Gasteiger partial charge in [0.25, 0.3) is 5.91 Å². The van der Waals surface area contributed by atoms with Gasteiger partial charge in [-0.2, -0.15) is 0 Å². The molecule has 0 saturated heterocycles. The molecule has 2 aromatic carbocycles. The fourth-order valence-corrected chi connectivity index (χ4v) is 3.92. The molecule has 0 spiro atoms. The smallest absolute Gasteiger partial charge is 0.322 e. The Morgan fingerprint density at radius 2 is 1.93 bits per heavy atom. The van der Waals surface area contributed by atoms with Crippen molar-refractivity contribution in [1.29, 1.82) is 0 Å². The molecule has 4 aromatic rings. The highest BCUT2D eigenvalue weighted by Gasteiger charge is 2.11. The van der Waals surface area contributed by atoms with Crippen LogP contribution in [-0.2, 0) is 23.6 Å². The molecule has 0 saturated carbocycles. The predicted octanol–water partition coefficient (Wildman–Crippen LogP) is 3.06. The molecular weight excluding hydrogens is 400 g/mol. The fraction of sp³-hybridized carbons (Fsp3) is 0.136. The molecule has 4 rings (SSSR count). The Kier molecular flexibility index (Phi) is 5.33. The Bertz CT molecular complexity index is 1340. The van der Waals surface area contributed by atoms with Gasteiger partial charge in [0.1, 0.15) is 0 Å². The number of pyridine rings is 1. The van der Waals surface area contributed by atoms with Crippen LogP contribution in [0.5, 0.6) is 0 Å². The molecule has 152 valence electrons. The zero-order valence-electron chi connectivity index (χ0n) is 16.5. The van der Waals surface area contributed by atoms with Crippen molar-refractivity contribution >= 4 is 33.6 Å². The van der Waals surface area contributed by atoms with Gasteiger partial charge in [-0.15, -0.1) is 0 Å². The summed E-state index contributed by atoms with van der Waals surface area (Å²) in [6, 6.07) is 16.4. The van der Waals surface area contributed by atoms with Crippen molar-refractivity contribution in [2.45, 2.75) is 5.75 Å². The van der Waals surface area contributed by atoms with Crippen molar-refractivity contribution in [1.82, 2.24) is 14.5 Å². The second-order valence-electron chi connectivity index (χ2n) is 7.03.